The van der Waals surface area contributed by atoms with Gasteiger partial charge in [0.25, 0.3) is 5.91 Å². The lowest BCUT2D eigenvalue weighted by molar-refractivity contribution is -0.120. The Bertz CT molecular complexity index is 1020. The van der Waals surface area contributed by atoms with Crippen LogP contribution in [0.1, 0.15) is 36.5 Å². The number of carbonyl (C=O) groups is 1. The molecule has 182 valence electrons. The largest absolute Gasteiger partial charge is 0.493 e. The van der Waals surface area contributed by atoms with E-state index in [9.17, 15) is 4.79 Å². The SMILES string of the molecule is C=S.COc1cc(N2COc3cc(OCC4(C)COC4)ncc3C2=O)ccc1OCCC1CC1. The van der Waals surface area contributed by atoms with Gasteiger partial charge >= 0.3 is 0 Å². The molecule has 0 unspecified atom stereocenters. The molecular weight excluding hydrogens is 456 g/mol. The van der Waals surface area contributed by atoms with E-state index in [1.165, 1.54) is 19.0 Å². The maximum atomic E-state index is 13.1. The van der Waals surface area contributed by atoms with Crippen LogP contribution in [-0.2, 0) is 4.74 Å². The average Bonchev–Trinajstić information content (AvgIpc) is 3.68. The lowest BCUT2D eigenvalue weighted by Crippen LogP contribution is -2.44. The summed E-state index contributed by atoms with van der Waals surface area (Å²) in [5.74, 6) is 5.63. The molecule has 0 atom stereocenters. The minimum atomic E-state index is -0.186. The van der Waals surface area contributed by atoms with Gasteiger partial charge < -0.3 is 23.7 Å². The summed E-state index contributed by atoms with van der Waals surface area (Å²) in [5, 5.41) is 0. The quantitative estimate of drug-likeness (QED) is 0.486. The summed E-state index contributed by atoms with van der Waals surface area (Å²) in [5.41, 5.74) is 1.08. The van der Waals surface area contributed by atoms with Gasteiger partial charge in [-0.1, -0.05) is 32.0 Å². The Labute approximate surface area is 205 Å². The molecule has 2 aromatic rings. The van der Waals surface area contributed by atoms with Crippen molar-refractivity contribution in [3.05, 3.63) is 36.0 Å². The fourth-order valence-corrected chi connectivity index (χ4v) is 3.78. The van der Waals surface area contributed by atoms with Gasteiger partial charge in [0.1, 0.15) is 11.3 Å². The first kappa shape index (κ1) is 24.2. The molecular formula is C25H30N2O6S. The molecule has 1 saturated heterocycles. The van der Waals surface area contributed by atoms with Crippen LogP contribution >= 0.6 is 12.2 Å². The van der Waals surface area contributed by atoms with Crippen molar-refractivity contribution in [3.63, 3.8) is 0 Å². The van der Waals surface area contributed by atoms with Gasteiger partial charge in [-0.3, -0.25) is 9.69 Å². The predicted octanol–water partition coefficient (Wildman–Crippen LogP) is 4.30. The molecule has 0 radical (unpaired) electrons. The molecule has 34 heavy (non-hydrogen) atoms. The molecule has 0 spiro atoms. The van der Waals surface area contributed by atoms with Crippen LogP contribution < -0.4 is 23.8 Å². The summed E-state index contributed by atoms with van der Waals surface area (Å²) in [6.45, 7) is 4.72. The first-order valence-electron chi connectivity index (χ1n) is 11.3. The van der Waals surface area contributed by atoms with Crippen LogP contribution in [0.5, 0.6) is 23.1 Å². The van der Waals surface area contributed by atoms with Crippen molar-refractivity contribution in [2.24, 2.45) is 11.3 Å². The highest BCUT2D eigenvalue weighted by atomic mass is 32.1. The van der Waals surface area contributed by atoms with Gasteiger partial charge in [0.05, 0.1) is 39.2 Å². The lowest BCUT2D eigenvalue weighted by Gasteiger charge is -2.37. The topological polar surface area (TPSA) is 79.4 Å². The van der Waals surface area contributed by atoms with Crippen LogP contribution in [0.2, 0.25) is 0 Å². The molecule has 5 rings (SSSR count). The Kier molecular flexibility index (Phi) is 7.53. The zero-order chi connectivity index (χ0) is 24.1. The van der Waals surface area contributed by atoms with Crippen molar-refractivity contribution in [2.45, 2.75) is 26.2 Å². The van der Waals surface area contributed by atoms with E-state index in [0.717, 1.165) is 12.3 Å². The number of fused-ring (bicyclic) bond motifs is 1. The van der Waals surface area contributed by atoms with Gasteiger partial charge in [0.15, 0.2) is 18.2 Å². The summed E-state index contributed by atoms with van der Waals surface area (Å²) < 4.78 is 28.3. The maximum Gasteiger partial charge on any atom is 0.266 e. The fourth-order valence-electron chi connectivity index (χ4n) is 3.78. The van der Waals surface area contributed by atoms with Crippen LogP contribution in [0.25, 0.3) is 0 Å². The molecule has 2 fully saturated rings. The van der Waals surface area contributed by atoms with Crippen molar-refractivity contribution in [2.75, 3.05) is 45.2 Å². The van der Waals surface area contributed by atoms with E-state index in [4.69, 9.17) is 23.7 Å². The molecule has 3 heterocycles. The predicted molar refractivity (Wildman–Crippen MR) is 132 cm³/mol. The van der Waals surface area contributed by atoms with E-state index >= 15 is 0 Å². The van der Waals surface area contributed by atoms with Crippen molar-refractivity contribution in [1.82, 2.24) is 4.98 Å². The Morgan fingerprint density at radius 3 is 2.68 bits per heavy atom. The summed E-state index contributed by atoms with van der Waals surface area (Å²) in [6, 6.07) is 7.15. The van der Waals surface area contributed by atoms with Crippen molar-refractivity contribution in [1.29, 1.82) is 0 Å². The van der Waals surface area contributed by atoms with E-state index in [-0.39, 0.29) is 18.1 Å². The minimum absolute atomic E-state index is 0.0118. The highest BCUT2D eigenvalue weighted by Crippen LogP contribution is 2.37. The third kappa shape index (κ3) is 5.42. The Balaban J connectivity index is 0.00000133. The van der Waals surface area contributed by atoms with E-state index in [0.29, 0.717) is 60.8 Å². The third-order valence-electron chi connectivity index (χ3n) is 6.07. The molecule has 3 aliphatic rings. The fraction of sp³-hybridized carbons (Fsp3) is 0.480. The van der Waals surface area contributed by atoms with Crippen LogP contribution in [0, 0.1) is 11.3 Å². The van der Waals surface area contributed by atoms with Gasteiger partial charge in [-0.25, -0.2) is 4.98 Å². The van der Waals surface area contributed by atoms with E-state index in [2.05, 4.69) is 30.0 Å². The third-order valence-corrected chi connectivity index (χ3v) is 6.07. The zero-order valence-corrected chi connectivity index (χ0v) is 20.4. The van der Waals surface area contributed by atoms with Crippen LogP contribution in [0.3, 0.4) is 0 Å². The van der Waals surface area contributed by atoms with Crippen LogP contribution in [0.4, 0.5) is 5.69 Å². The van der Waals surface area contributed by atoms with Gasteiger partial charge in [0.2, 0.25) is 5.88 Å². The number of ether oxygens (including phenoxy) is 5. The standard InChI is InChI=1S/C24H28N2O6.CH2S/c1-24(12-29-13-24)14-31-22-10-20-18(11-25-22)23(27)26(15-32-20)17-5-6-19(21(9-17)28-2)30-8-7-16-3-4-16;1-2/h5-6,9-11,16H,3-4,7-8,12-15H2,1-2H3;1H2. The van der Waals surface area contributed by atoms with Crippen molar-refractivity contribution >= 4 is 29.7 Å². The molecule has 8 nitrogen and oxygen atoms in total. The number of benzene rings is 1. The first-order valence-corrected chi connectivity index (χ1v) is 11.9. The Morgan fingerprint density at radius 2 is 2.00 bits per heavy atom. The number of carbonyl (C=O) groups excluding carboxylic acids is 1. The summed E-state index contributed by atoms with van der Waals surface area (Å²) in [4.78, 5) is 19.0. The number of hydrogen-bond donors (Lipinski definition) is 0. The zero-order valence-electron chi connectivity index (χ0n) is 19.6. The van der Waals surface area contributed by atoms with Gasteiger partial charge in [-0.05, 0) is 30.3 Å². The van der Waals surface area contributed by atoms with Gasteiger partial charge in [-0.2, -0.15) is 0 Å². The van der Waals surface area contributed by atoms with Crippen molar-refractivity contribution < 1.29 is 28.5 Å². The van der Waals surface area contributed by atoms with Gasteiger partial charge in [0, 0.05) is 23.7 Å². The molecule has 1 saturated carbocycles. The Hall–Kier alpha value is -2.91. The van der Waals surface area contributed by atoms with Gasteiger partial charge in [-0.15, -0.1) is 0 Å². The van der Waals surface area contributed by atoms with Crippen LogP contribution in [-0.4, -0.2) is 57.0 Å². The van der Waals surface area contributed by atoms with E-state index < -0.39 is 0 Å². The molecule has 1 aliphatic carbocycles. The second-order valence-electron chi connectivity index (χ2n) is 9.03. The number of pyridine rings is 1. The highest BCUT2D eigenvalue weighted by molar-refractivity contribution is 7.77. The number of anilines is 1. The number of amides is 1. The molecule has 0 N–H and O–H groups in total. The highest BCUT2D eigenvalue weighted by Gasteiger charge is 2.35. The minimum Gasteiger partial charge on any atom is -0.493 e. The van der Waals surface area contributed by atoms with Crippen LogP contribution in [0.15, 0.2) is 30.5 Å². The number of aromatic nitrogens is 1. The van der Waals surface area contributed by atoms with E-state index in [1.54, 1.807) is 24.1 Å². The molecule has 2 aliphatic heterocycles. The average molecular weight is 487 g/mol. The smallest absolute Gasteiger partial charge is 0.266 e. The summed E-state index contributed by atoms with van der Waals surface area (Å²) in [7, 11) is 1.60. The first-order chi connectivity index (χ1) is 16.5. The lowest BCUT2D eigenvalue weighted by atomic mass is 9.90. The number of methoxy groups -OCH3 is 1. The van der Waals surface area contributed by atoms with E-state index in [1.807, 2.05) is 12.1 Å². The summed E-state index contributed by atoms with van der Waals surface area (Å²) >= 11 is 3.83. The molecule has 1 amide bonds. The molecule has 1 aromatic carbocycles. The number of rotatable bonds is 9. The van der Waals surface area contributed by atoms with Crippen molar-refractivity contribution in [3.8, 4) is 23.1 Å². The molecule has 9 heteroatoms. The molecule has 0 bridgehead atoms. The normalized spacial score (nSPS) is 17.9. The second kappa shape index (κ2) is 10.6. The Morgan fingerprint density at radius 1 is 1.21 bits per heavy atom. The maximum absolute atomic E-state index is 13.1. The number of nitrogens with zero attached hydrogens (tertiary/aromatic N) is 2. The number of hydrogen-bond acceptors (Lipinski definition) is 8. The molecule has 1 aromatic heterocycles. The summed E-state index contributed by atoms with van der Waals surface area (Å²) in [6.07, 6.45) is 5.17. The monoisotopic (exact) mass is 486 g/mol. The number of thiocarbonyl (C=S) groups is 1. The second-order valence-corrected chi connectivity index (χ2v) is 9.03.